The Balaban J connectivity index is 2.10. The highest BCUT2D eigenvalue weighted by molar-refractivity contribution is 5.43. The molecule has 1 heterocycles. The summed E-state index contributed by atoms with van der Waals surface area (Å²) in [6, 6.07) is 8.05. The second kappa shape index (κ2) is 7.13. The van der Waals surface area contributed by atoms with Gasteiger partial charge < -0.3 is 14.8 Å². The molecule has 0 saturated carbocycles. The number of ether oxygens (including phenoxy) is 2. The van der Waals surface area contributed by atoms with Crippen LogP contribution in [0, 0.1) is 0 Å². The van der Waals surface area contributed by atoms with Gasteiger partial charge in [0.25, 0.3) is 0 Å². The Morgan fingerprint density at radius 1 is 1.24 bits per heavy atom. The zero-order valence-electron chi connectivity index (χ0n) is 13.1. The zero-order chi connectivity index (χ0) is 15.2. The van der Waals surface area contributed by atoms with Crippen molar-refractivity contribution in [2.24, 2.45) is 7.05 Å². The average Bonchev–Trinajstić information content (AvgIpc) is 2.86. The van der Waals surface area contributed by atoms with Gasteiger partial charge in [-0.25, -0.2) is 0 Å². The van der Waals surface area contributed by atoms with Gasteiger partial charge in [-0.3, -0.25) is 4.68 Å². The van der Waals surface area contributed by atoms with E-state index >= 15 is 0 Å². The molecule has 5 nitrogen and oxygen atoms in total. The van der Waals surface area contributed by atoms with Crippen molar-refractivity contribution in [3.63, 3.8) is 0 Å². The van der Waals surface area contributed by atoms with Crippen LogP contribution < -0.4 is 14.8 Å². The van der Waals surface area contributed by atoms with Gasteiger partial charge in [0.05, 0.1) is 18.5 Å². The molecule has 2 rings (SSSR count). The first-order chi connectivity index (χ1) is 10.2. The Morgan fingerprint density at radius 3 is 2.67 bits per heavy atom. The van der Waals surface area contributed by atoms with E-state index in [1.54, 1.807) is 7.11 Å². The lowest BCUT2D eigenvalue weighted by molar-refractivity contribution is 0.275. The van der Waals surface area contributed by atoms with Crippen molar-refractivity contribution in [2.45, 2.75) is 26.5 Å². The van der Waals surface area contributed by atoms with Crippen molar-refractivity contribution in [1.29, 1.82) is 0 Å². The molecule has 0 spiro atoms. The first-order valence-corrected chi connectivity index (χ1v) is 7.14. The summed E-state index contributed by atoms with van der Waals surface area (Å²) in [4.78, 5) is 0. The quantitative estimate of drug-likeness (QED) is 0.849. The van der Waals surface area contributed by atoms with Crippen molar-refractivity contribution in [1.82, 2.24) is 15.1 Å². The SMILES string of the molecule is CCc1cc(COc2ccc(CNC)cc2OC)n(C)n1. The summed E-state index contributed by atoms with van der Waals surface area (Å²) < 4.78 is 13.1. The van der Waals surface area contributed by atoms with Crippen molar-refractivity contribution in [3.8, 4) is 11.5 Å². The third-order valence-corrected chi connectivity index (χ3v) is 3.37. The Labute approximate surface area is 125 Å². The highest BCUT2D eigenvalue weighted by Crippen LogP contribution is 2.28. The maximum atomic E-state index is 5.88. The number of nitrogens with one attached hydrogen (secondary N) is 1. The molecule has 114 valence electrons. The Morgan fingerprint density at radius 2 is 2.05 bits per heavy atom. The molecule has 0 saturated heterocycles. The van der Waals surface area contributed by atoms with Gasteiger partial charge >= 0.3 is 0 Å². The average molecular weight is 289 g/mol. The number of nitrogens with zero attached hydrogens (tertiary/aromatic N) is 2. The van der Waals surface area contributed by atoms with Crippen LogP contribution in [0.3, 0.4) is 0 Å². The number of hydrogen-bond donors (Lipinski definition) is 1. The topological polar surface area (TPSA) is 48.3 Å². The second-order valence-corrected chi connectivity index (χ2v) is 4.91. The van der Waals surface area contributed by atoms with Gasteiger partial charge in [-0.1, -0.05) is 13.0 Å². The van der Waals surface area contributed by atoms with Crippen molar-refractivity contribution in [3.05, 3.63) is 41.2 Å². The molecule has 0 radical (unpaired) electrons. The third kappa shape index (κ3) is 3.76. The summed E-state index contributed by atoms with van der Waals surface area (Å²) in [5, 5.41) is 7.54. The third-order valence-electron chi connectivity index (χ3n) is 3.37. The van der Waals surface area contributed by atoms with Crippen LogP contribution in [0.25, 0.3) is 0 Å². The van der Waals surface area contributed by atoms with E-state index in [1.165, 1.54) is 0 Å². The van der Waals surface area contributed by atoms with Gasteiger partial charge in [0, 0.05) is 13.6 Å². The fourth-order valence-corrected chi connectivity index (χ4v) is 2.18. The van der Waals surface area contributed by atoms with E-state index in [0.29, 0.717) is 6.61 Å². The highest BCUT2D eigenvalue weighted by Gasteiger charge is 2.09. The summed E-state index contributed by atoms with van der Waals surface area (Å²) in [6.07, 6.45) is 0.926. The molecule has 1 aromatic heterocycles. The molecule has 2 aromatic rings. The lowest BCUT2D eigenvalue weighted by atomic mass is 10.2. The number of hydrogen-bond acceptors (Lipinski definition) is 4. The van der Waals surface area contributed by atoms with Crippen LogP contribution >= 0.6 is 0 Å². The smallest absolute Gasteiger partial charge is 0.161 e. The minimum atomic E-state index is 0.477. The summed E-state index contributed by atoms with van der Waals surface area (Å²) in [7, 11) is 5.51. The van der Waals surface area contributed by atoms with Crippen LogP contribution in [0.5, 0.6) is 11.5 Å². The highest BCUT2D eigenvalue weighted by atomic mass is 16.5. The minimum Gasteiger partial charge on any atom is -0.493 e. The van der Waals surface area contributed by atoms with E-state index in [1.807, 2.05) is 37.0 Å². The number of benzene rings is 1. The lowest BCUT2D eigenvalue weighted by Gasteiger charge is -2.12. The Kier molecular flexibility index (Phi) is 5.22. The van der Waals surface area contributed by atoms with Crippen molar-refractivity contribution >= 4 is 0 Å². The van der Waals surface area contributed by atoms with Crippen LogP contribution in [0.1, 0.15) is 23.9 Å². The first kappa shape index (κ1) is 15.4. The molecule has 5 heteroatoms. The standard InChI is InChI=1S/C16H23N3O2/c1-5-13-9-14(19(3)18-13)11-21-15-7-6-12(10-17-2)8-16(15)20-4/h6-9,17H,5,10-11H2,1-4H3. The Hall–Kier alpha value is -2.01. The molecule has 0 atom stereocenters. The molecule has 0 aliphatic heterocycles. The molecule has 0 unspecified atom stereocenters. The number of methoxy groups -OCH3 is 1. The zero-order valence-corrected chi connectivity index (χ0v) is 13.1. The molecule has 21 heavy (non-hydrogen) atoms. The summed E-state index contributed by atoms with van der Waals surface area (Å²) >= 11 is 0. The van der Waals surface area contributed by atoms with E-state index in [-0.39, 0.29) is 0 Å². The van der Waals surface area contributed by atoms with E-state index in [0.717, 1.165) is 41.4 Å². The normalized spacial score (nSPS) is 10.7. The van der Waals surface area contributed by atoms with Gasteiger partial charge in [-0.2, -0.15) is 5.10 Å². The molecule has 0 bridgehead atoms. The van der Waals surface area contributed by atoms with Crippen LogP contribution in [0.2, 0.25) is 0 Å². The predicted octanol–water partition coefficient (Wildman–Crippen LogP) is 2.29. The molecule has 0 fully saturated rings. The minimum absolute atomic E-state index is 0.477. The number of aryl methyl sites for hydroxylation is 2. The van der Waals surface area contributed by atoms with E-state index in [4.69, 9.17) is 9.47 Å². The first-order valence-electron chi connectivity index (χ1n) is 7.14. The van der Waals surface area contributed by atoms with Gasteiger partial charge in [0.1, 0.15) is 6.61 Å². The van der Waals surface area contributed by atoms with Gasteiger partial charge in [-0.15, -0.1) is 0 Å². The van der Waals surface area contributed by atoms with Crippen molar-refractivity contribution in [2.75, 3.05) is 14.2 Å². The number of rotatable bonds is 7. The van der Waals surface area contributed by atoms with Gasteiger partial charge in [-0.05, 0) is 37.2 Å². The van der Waals surface area contributed by atoms with Crippen LogP contribution in [0.4, 0.5) is 0 Å². The summed E-state index contributed by atoms with van der Waals surface area (Å²) in [6.45, 7) is 3.37. The molecular weight excluding hydrogens is 266 g/mol. The fraction of sp³-hybridized carbons (Fsp3) is 0.438. The molecule has 1 N–H and O–H groups in total. The monoisotopic (exact) mass is 289 g/mol. The lowest BCUT2D eigenvalue weighted by Crippen LogP contribution is -2.06. The Bertz CT molecular complexity index is 593. The van der Waals surface area contributed by atoms with E-state index in [9.17, 15) is 0 Å². The molecule has 0 amide bonds. The van der Waals surface area contributed by atoms with Gasteiger partial charge in [0.15, 0.2) is 11.5 Å². The van der Waals surface area contributed by atoms with Crippen molar-refractivity contribution < 1.29 is 9.47 Å². The van der Waals surface area contributed by atoms with Crippen LogP contribution in [-0.4, -0.2) is 23.9 Å². The molecular formula is C16H23N3O2. The molecule has 0 aliphatic carbocycles. The maximum Gasteiger partial charge on any atom is 0.161 e. The summed E-state index contributed by atoms with van der Waals surface area (Å²) in [5.41, 5.74) is 3.29. The van der Waals surface area contributed by atoms with Crippen LogP contribution in [0.15, 0.2) is 24.3 Å². The fourth-order valence-electron chi connectivity index (χ4n) is 2.18. The van der Waals surface area contributed by atoms with E-state index < -0.39 is 0 Å². The maximum absolute atomic E-state index is 5.88. The predicted molar refractivity (Wildman–Crippen MR) is 82.7 cm³/mol. The van der Waals surface area contributed by atoms with Gasteiger partial charge in [0.2, 0.25) is 0 Å². The van der Waals surface area contributed by atoms with Crippen LogP contribution in [-0.2, 0) is 26.6 Å². The summed E-state index contributed by atoms with van der Waals surface area (Å²) in [5.74, 6) is 1.50. The number of aromatic nitrogens is 2. The van der Waals surface area contributed by atoms with E-state index in [2.05, 4.69) is 23.4 Å². The molecule has 1 aromatic carbocycles. The second-order valence-electron chi connectivity index (χ2n) is 4.91. The molecule has 0 aliphatic rings. The largest absolute Gasteiger partial charge is 0.493 e.